The van der Waals surface area contributed by atoms with Gasteiger partial charge in [0.15, 0.2) is 11.5 Å². The molecule has 0 saturated carbocycles. The quantitative estimate of drug-likeness (QED) is 0.921. The Kier molecular flexibility index (Phi) is 2.13. The fraction of sp³-hybridized carbons (Fsp3) is 0.684. The number of aliphatic hydroxyl groups is 1. The Morgan fingerprint density at radius 1 is 1.57 bits per heavy atom. The van der Waals surface area contributed by atoms with Gasteiger partial charge in [-0.3, -0.25) is 4.90 Å². The molecule has 0 bridgehead atoms. The lowest BCUT2D eigenvalue weighted by Gasteiger charge is -2.46. The van der Waals surface area contributed by atoms with Gasteiger partial charge in [0.2, 0.25) is 0 Å². The molecule has 4 unspecified atom stereocenters. The number of methoxy groups -OCH3 is 2. The van der Waals surface area contributed by atoms with Gasteiger partial charge in [-0.1, -0.05) is 13.8 Å². The van der Waals surface area contributed by atoms with Crippen molar-refractivity contribution in [3.05, 3.63) is 23.2 Å². The third-order valence-corrected chi connectivity index (χ3v) is 4.31. The molecule has 4 heteroatoms. The first-order valence-corrected chi connectivity index (χ1v) is 7.53. The highest BCUT2D eigenvalue weighted by molar-refractivity contribution is 5.49. The molecule has 2 aliphatic heterocycles. The highest BCUT2D eigenvalue weighted by Crippen LogP contribution is 2.43. The molecule has 2 heterocycles. The molecule has 4 nitrogen and oxygen atoms in total. The molecule has 1 fully saturated rings. The van der Waals surface area contributed by atoms with Gasteiger partial charge in [-0.05, 0) is 54.2 Å². The maximum Gasteiger partial charge on any atom is 0.161 e. The van der Waals surface area contributed by atoms with Gasteiger partial charge in [0.05, 0.1) is 28.5 Å². The second-order valence-electron chi connectivity index (χ2n) is 5.86. The van der Waals surface area contributed by atoms with Crippen molar-refractivity contribution in [2.75, 3.05) is 27.2 Å². The molecule has 1 saturated heterocycles. The minimum Gasteiger partial charge on any atom is -0.493 e. The molecule has 0 spiro atoms. The summed E-state index contributed by atoms with van der Waals surface area (Å²) in [5, 5.41) is 11.0. The predicted octanol–water partition coefficient (Wildman–Crippen LogP) is 3.03. The van der Waals surface area contributed by atoms with Crippen LogP contribution in [-0.2, 0) is 6.42 Å². The number of aliphatic hydroxyl groups excluding tert-OH is 1. The van der Waals surface area contributed by atoms with E-state index in [0.29, 0.717) is 0 Å². The summed E-state index contributed by atoms with van der Waals surface area (Å²) in [5.41, 5.74) is 0.216. The van der Waals surface area contributed by atoms with Crippen molar-refractivity contribution in [3.63, 3.8) is 0 Å². The van der Waals surface area contributed by atoms with Crippen molar-refractivity contribution in [1.82, 2.24) is 4.90 Å². The zero-order valence-corrected chi connectivity index (χ0v) is 13.2. The van der Waals surface area contributed by atoms with Gasteiger partial charge in [-0.25, -0.2) is 0 Å². The van der Waals surface area contributed by atoms with E-state index in [1.54, 1.807) is 0 Å². The molecule has 0 radical (unpaired) electrons. The Bertz CT molecular complexity index is 993. The Morgan fingerprint density at radius 2 is 2.39 bits per heavy atom. The van der Waals surface area contributed by atoms with Crippen molar-refractivity contribution >= 4 is 0 Å². The Labute approximate surface area is 156 Å². The van der Waals surface area contributed by atoms with E-state index in [-0.39, 0.29) is 42.4 Å². The number of ether oxygens (including phenoxy) is 2. The summed E-state index contributed by atoms with van der Waals surface area (Å²) in [5.74, 6) is -4.66. The zero-order chi connectivity index (χ0) is 26.9. The molecule has 3 rings (SSSR count). The lowest BCUT2D eigenvalue weighted by atomic mass is 9.79. The Morgan fingerprint density at radius 3 is 3.13 bits per heavy atom. The van der Waals surface area contributed by atoms with Crippen molar-refractivity contribution in [2.24, 2.45) is 11.8 Å². The summed E-state index contributed by atoms with van der Waals surface area (Å²) in [6.45, 7) is -2.17. The van der Waals surface area contributed by atoms with E-state index in [9.17, 15) is 6.48 Å². The number of piperidine rings is 1. The average Bonchev–Trinajstić information content (AvgIpc) is 2.68. The third-order valence-electron chi connectivity index (χ3n) is 4.31. The normalized spacial score (nSPS) is 42.6. The Hall–Kier alpha value is -1.26. The summed E-state index contributed by atoms with van der Waals surface area (Å²) in [4.78, 5) is 1.48. The Balaban J connectivity index is 2.12. The molecule has 1 N–H and O–H groups in total. The topological polar surface area (TPSA) is 41.9 Å². The van der Waals surface area contributed by atoms with E-state index in [1.165, 1.54) is 12.0 Å². The SMILES string of the molecule is [2H]c1c2c(c([2H])c(OC([2H])([2H])[2H])c1OC)C1([2H])CC(O)C(C([2H])([2H])C([2H])(C)C([2H])([2H])[2H])CN1CC2. The van der Waals surface area contributed by atoms with E-state index in [4.69, 9.17) is 24.6 Å². The molecule has 23 heavy (non-hydrogen) atoms. The molecule has 2 aliphatic rings. The third kappa shape index (κ3) is 3.20. The van der Waals surface area contributed by atoms with Crippen LogP contribution in [-0.4, -0.2) is 43.3 Å². The van der Waals surface area contributed by atoms with Crippen LogP contribution in [0, 0.1) is 11.8 Å². The van der Waals surface area contributed by atoms with Crippen LogP contribution in [0.25, 0.3) is 0 Å². The number of fused-ring (bicyclic) bond motifs is 3. The number of benzene rings is 1. The largest absolute Gasteiger partial charge is 0.493 e. The summed E-state index contributed by atoms with van der Waals surface area (Å²) in [7, 11) is -1.76. The number of hydrogen-bond donors (Lipinski definition) is 1. The fourth-order valence-corrected chi connectivity index (χ4v) is 3.24. The lowest BCUT2D eigenvalue weighted by molar-refractivity contribution is -0.0191. The first-order chi connectivity index (χ1) is 15.7. The molecule has 1 aromatic rings. The first kappa shape index (κ1) is 7.32. The van der Waals surface area contributed by atoms with Crippen LogP contribution in [0.1, 0.15) is 60.2 Å². The summed E-state index contributed by atoms with van der Waals surface area (Å²) in [6, 6.07) is -2.56. The first-order valence-electron chi connectivity index (χ1n) is 13.5. The highest BCUT2D eigenvalue weighted by atomic mass is 16.5. The maximum atomic E-state index is 11.0. The van der Waals surface area contributed by atoms with Crippen LogP contribution in [0.15, 0.2) is 12.1 Å². The van der Waals surface area contributed by atoms with Gasteiger partial charge in [0.25, 0.3) is 0 Å². The number of hydrogen-bond acceptors (Lipinski definition) is 4. The molecular formula is C19H29NO3. The maximum absolute atomic E-state index is 11.0. The van der Waals surface area contributed by atoms with Crippen LogP contribution in [0.4, 0.5) is 0 Å². The van der Waals surface area contributed by atoms with Gasteiger partial charge >= 0.3 is 0 Å². The van der Waals surface area contributed by atoms with Gasteiger partial charge in [0.1, 0.15) is 0 Å². The predicted molar refractivity (Wildman–Crippen MR) is 91.1 cm³/mol. The number of rotatable bonds is 4. The van der Waals surface area contributed by atoms with E-state index in [2.05, 4.69) is 0 Å². The molecule has 1 aromatic carbocycles. The summed E-state index contributed by atoms with van der Waals surface area (Å²) in [6.07, 6.45) is -4.53. The van der Waals surface area contributed by atoms with Gasteiger partial charge in [-0.2, -0.15) is 0 Å². The smallest absolute Gasteiger partial charge is 0.161 e. The van der Waals surface area contributed by atoms with Crippen molar-refractivity contribution in [2.45, 2.75) is 45.1 Å². The van der Waals surface area contributed by atoms with Crippen molar-refractivity contribution < 1.29 is 31.0 Å². The second kappa shape index (κ2) is 6.70. The minimum atomic E-state index is -2.98. The van der Waals surface area contributed by atoms with Crippen LogP contribution in [0.5, 0.6) is 11.5 Å². The van der Waals surface area contributed by atoms with Crippen LogP contribution >= 0.6 is 0 Å². The standard InChI is InChI=1S/C19H29NO3/c1-12(2)7-14-11-20-6-5-13-8-18(22-3)19(23-4)9-15(13)16(20)10-17(14)21/h8-9,12,14,16-17,21H,5-7,10-11H2,1-4H3/i1D3,4D3,7D2,8D,9D,12D,16D. The number of nitrogens with zero attached hydrogens (tertiary/aromatic N) is 1. The van der Waals surface area contributed by atoms with Crippen LogP contribution in [0.3, 0.4) is 0 Å². The summed E-state index contributed by atoms with van der Waals surface area (Å²) < 4.78 is 107. The van der Waals surface area contributed by atoms with Crippen LogP contribution in [0.2, 0.25) is 0 Å². The average molecular weight is 332 g/mol. The van der Waals surface area contributed by atoms with Crippen LogP contribution < -0.4 is 9.47 Å². The zero-order valence-electron chi connectivity index (χ0n) is 25.2. The van der Waals surface area contributed by atoms with Gasteiger partial charge in [-0.15, -0.1) is 0 Å². The molecule has 4 atom stereocenters. The van der Waals surface area contributed by atoms with Crippen molar-refractivity contribution in [1.29, 1.82) is 0 Å². The highest BCUT2D eigenvalue weighted by Gasteiger charge is 2.38. The van der Waals surface area contributed by atoms with Gasteiger partial charge < -0.3 is 14.6 Å². The minimum absolute atomic E-state index is 0.0451. The van der Waals surface area contributed by atoms with E-state index < -0.39 is 62.4 Å². The molecule has 0 amide bonds. The molecular weight excluding hydrogens is 290 g/mol. The molecule has 0 aliphatic carbocycles. The second-order valence-corrected chi connectivity index (χ2v) is 5.86. The molecule has 0 aromatic heterocycles. The monoisotopic (exact) mass is 331 g/mol. The lowest BCUT2D eigenvalue weighted by Crippen LogP contribution is -2.48. The fourth-order valence-electron chi connectivity index (χ4n) is 3.24. The molecule has 128 valence electrons. The summed E-state index contributed by atoms with van der Waals surface area (Å²) >= 11 is 0. The van der Waals surface area contributed by atoms with Gasteiger partial charge in [0, 0.05) is 27.3 Å². The van der Waals surface area contributed by atoms with Crippen molar-refractivity contribution in [3.8, 4) is 11.5 Å². The van der Waals surface area contributed by atoms with E-state index in [1.807, 2.05) is 0 Å². The van der Waals surface area contributed by atoms with E-state index >= 15 is 0 Å². The van der Waals surface area contributed by atoms with E-state index in [0.717, 1.165) is 6.92 Å².